The van der Waals surface area contributed by atoms with Gasteiger partial charge in [0.2, 0.25) is 0 Å². The lowest BCUT2D eigenvalue weighted by molar-refractivity contribution is -0.0452. The lowest BCUT2D eigenvalue weighted by Gasteiger charge is -2.63. The number of benzene rings is 6. The summed E-state index contributed by atoms with van der Waals surface area (Å²) < 4.78 is 6.82. The Morgan fingerprint density at radius 3 is 1.49 bits per heavy atom. The van der Waals surface area contributed by atoms with E-state index in [2.05, 4.69) is 127 Å². The van der Waals surface area contributed by atoms with Crippen LogP contribution in [0.2, 0.25) is 0 Å². The number of hydrogen-bond acceptors (Lipinski definition) is 4. The van der Waals surface area contributed by atoms with E-state index in [-0.39, 0.29) is 5.41 Å². The molecule has 1 aliphatic heterocycles. The third-order valence-electron chi connectivity index (χ3n) is 12.8. The summed E-state index contributed by atoms with van der Waals surface area (Å²) in [6.07, 6.45) is 6.83. The standard InChI is InChI=1S/C49H39N3O/c1-3-11-33(12-4-1)35-15-9-17-38(28-35)47-50-46(34-13-5-2-6-14-34)51-48(52-47)39-18-10-16-36(29-39)37-21-22-43-45(30-37)53-44-20-8-7-19-42(44)49(43)40-24-31-23-32(26-40)27-41(49)25-31/h1-22,28-32,40-41H,23-27H2. The van der Waals surface area contributed by atoms with Crippen molar-refractivity contribution in [1.82, 2.24) is 15.0 Å². The fourth-order valence-corrected chi connectivity index (χ4v) is 10.8. The molecule has 4 fully saturated rings. The van der Waals surface area contributed by atoms with Crippen LogP contribution in [0.4, 0.5) is 0 Å². The molecule has 0 N–H and O–H groups in total. The lowest BCUT2D eigenvalue weighted by Crippen LogP contribution is -2.56. The normalized spacial score (nSPS) is 23.3. The van der Waals surface area contributed by atoms with Gasteiger partial charge in [0, 0.05) is 33.2 Å². The van der Waals surface area contributed by atoms with Gasteiger partial charge < -0.3 is 4.74 Å². The van der Waals surface area contributed by atoms with E-state index in [0.717, 1.165) is 62.3 Å². The summed E-state index contributed by atoms with van der Waals surface area (Å²) in [4.78, 5) is 15.2. The molecule has 0 unspecified atom stereocenters. The first-order valence-electron chi connectivity index (χ1n) is 19.2. The summed E-state index contributed by atoms with van der Waals surface area (Å²) in [7, 11) is 0. The Morgan fingerprint density at radius 2 is 0.849 bits per heavy atom. The molecule has 4 bridgehead atoms. The van der Waals surface area contributed by atoms with E-state index >= 15 is 0 Å². The van der Waals surface area contributed by atoms with Crippen molar-refractivity contribution in [3.8, 4) is 67.9 Å². The topological polar surface area (TPSA) is 47.9 Å². The van der Waals surface area contributed by atoms with Crippen LogP contribution in [0.3, 0.4) is 0 Å². The summed E-state index contributed by atoms with van der Waals surface area (Å²) in [5.74, 6) is 7.18. The van der Waals surface area contributed by atoms with Gasteiger partial charge in [0.1, 0.15) is 11.5 Å². The molecule has 1 aromatic heterocycles. The molecular weight excluding hydrogens is 647 g/mol. The van der Waals surface area contributed by atoms with Crippen molar-refractivity contribution in [3.05, 3.63) is 163 Å². The van der Waals surface area contributed by atoms with Gasteiger partial charge in [-0.2, -0.15) is 0 Å². The molecule has 6 aromatic carbocycles. The zero-order valence-corrected chi connectivity index (χ0v) is 29.5. The number of rotatable bonds is 5. The Bertz CT molecular complexity index is 2480. The van der Waals surface area contributed by atoms with Crippen molar-refractivity contribution in [2.24, 2.45) is 23.7 Å². The number of para-hydroxylation sites is 1. The van der Waals surface area contributed by atoms with Crippen molar-refractivity contribution in [2.75, 3.05) is 0 Å². The van der Waals surface area contributed by atoms with Gasteiger partial charge in [0.25, 0.3) is 0 Å². The van der Waals surface area contributed by atoms with E-state index in [9.17, 15) is 0 Å². The van der Waals surface area contributed by atoms with Crippen LogP contribution in [0.5, 0.6) is 11.5 Å². The van der Waals surface area contributed by atoms with Gasteiger partial charge in [-0.3, -0.25) is 0 Å². The highest BCUT2D eigenvalue weighted by Crippen LogP contribution is 2.68. The minimum atomic E-state index is 0.0465. The second kappa shape index (κ2) is 12.1. The highest BCUT2D eigenvalue weighted by molar-refractivity contribution is 5.76. The smallest absolute Gasteiger partial charge is 0.164 e. The molecule has 4 aliphatic carbocycles. The molecule has 4 nitrogen and oxygen atoms in total. The molecule has 12 rings (SSSR count). The van der Waals surface area contributed by atoms with Crippen molar-refractivity contribution in [3.63, 3.8) is 0 Å². The van der Waals surface area contributed by atoms with E-state index in [1.807, 2.05) is 24.3 Å². The predicted molar refractivity (Wildman–Crippen MR) is 211 cm³/mol. The average molecular weight is 686 g/mol. The quantitative estimate of drug-likeness (QED) is 0.181. The maximum atomic E-state index is 6.82. The van der Waals surface area contributed by atoms with Crippen molar-refractivity contribution >= 4 is 0 Å². The molecule has 2 heterocycles. The van der Waals surface area contributed by atoms with Gasteiger partial charge in [0.05, 0.1) is 0 Å². The Kier molecular flexibility index (Phi) is 7.01. The Morgan fingerprint density at radius 1 is 0.377 bits per heavy atom. The average Bonchev–Trinajstić information content (AvgIpc) is 3.22. The molecule has 256 valence electrons. The van der Waals surface area contributed by atoms with Crippen LogP contribution in [-0.2, 0) is 5.41 Å². The zero-order chi connectivity index (χ0) is 34.9. The molecule has 0 saturated heterocycles. The molecule has 4 heteroatoms. The molecule has 7 aromatic rings. The zero-order valence-electron chi connectivity index (χ0n) is 29.5. The minimum Gasteiger partial charge on any atom is -0.457 e. The third kappa shape index (κ3) is 4.99. The van der Waals surface area contributed by atoms with Crippen LogP contribution >= 0.6 is 0 Å². The number of ether oxygens (including phenoxy) is 1. The van der Waals surface area contributed by atoms with Gasteiger partial charge in [-0.05, 0) is 102 Å². The molecule has 0 amide bonds. The number of fused-ring (bicyclic) bond motifs is 2. The van der Waals surface area contributed by atoms with Gasteiger partial charge >= 0.3 is 0 Å². The van der Waals surface area contributed by atoms with Crippen LogP contribution in [-0.4, -0.2) is 15.0 Å². The van der Waals surface area contributed by atoms with Gasteiger partial charge in [-0.15, -0.1) is 0 Å². The first-order chi connectivity index (χ1) is 26.2. The van der Waals surface area contributed by atoms with E-state index < -0.39 is 0 Å². The van der Waals surface area contributed by atoms with E-state index in [1.54, 1.807) is 0 Å². The van der Waals surface area contributed by atoms with Crippen LogP contribution in [0, 0.1) is 23.7 Å². The van der Waals surface area contributed by atoms with Crippen molar-refractivity contribution in [2.45, 2.75) is 37.5 Å². The fourth-order valence-electron chi connectivity index (χ4n) is 10.8. The highest BCUT2D eigenvalue weighted by Gasteiger charge is 2.61. The van der Waals surface area contributed by atoms with Gasteiger partial charge in [-0.1, -0.05) is 127 Å². The SMILES string of the molecule is c1ccc(-c2cccc(-c3nc(-c4ccccc4)nc(-c4cccc(-c5ccc6c(c5)Oc5ccccc5C65C6CC7CC(C6)CC5C7)c4)n3)c2)cc1. The lowest BCUT2D eigenvalue weighted by atomic mass is 9.42. The number of hydrogen-bond donors (Lipinski definition) is 0. The van der Waals surface area contributed by atoms with Crippen LogP contribution in [0.15, 0.2) is 152 Å². The maximum absolute atomic E-state index is 6.82. The molecule has 5 aliphatic rings. The molecule has 0 atom stereocenters. The highest BCUT2D eigenvalue weighted by atomic mass is 16.5. The maximum Gasteiger partial charge on any atom is 0.164 e. The van der Waals surface area contributed by atoms with Crippen LogP contribution in [0.25, 0.3) is 56.4 Å². The molecule has 53 heavy (non-hydrogen) atoms. The van der Waals surface area contributed by atoms with E-state index in [0.29, 0.717) is 29.3 Å². The van der Waals surface area contributed by atoms with Crippen molar-refractivity contribution < 1.29 is 4.74 Å². The molecular formula is C49H39N3O. The summed E-state index contributed by atoms with van der Waals surface area (Å²) >= 11 is 0. The Hall–Kier alpha value is -5.87. The minimum absolute atomic E-state index is 0.0465. The van der Waals surface area contributed by atoms with E-state index in [4.69, 9.17) is 19.7 Å². The molecule has 0 radical (unpaired) electrons. The second-order valence-corrected chi connectivity index (χ2v) is 15.7. The summed E-state index contributed by atoms with van der Waals surface area (Å²) in [6.45, 7) is 0. The first-order valence-corrected chi connectivity index (χ1v) is 19.2. The van der Waals surface area contributed by atoms with Crippen LogP contribution < -0.4 is 4.74 Å². The third-order valence-corrected chi connectivity index (χ3v) is 12.8. The van der Waals surface area contributed by atoms with Gasteiger partial charge in [0.15, 0.2) is 17.5 Å². The molecule has 1 spiro atoms. The fraction of sp³-hybridized carbons (Fsp3) is 0.204. The predicted octanol–water partition coefficient (Wildman–Crippen LogP) is 12.1. The monoisotopic (exact) mass is 685 g/mol. The second-order valence-electron chi connectivity index (χ2n) is 15.7. The summed E-state index contributed by atoms with van der Waals surface area (Å²) in [5, 5.41) is 0. The largest absolute Gasteiger partial charge is 0.457 e. The Balaban J connectivity index is 1.01. The van der Waals surface area contributed by atoms with E-state index in [1.165, 1.54) is 43.2 Å². The van der Waals surface area contributed by atoms with Gasteiger partial charge in [-0.25, -0.2) is 15.0 Å². The Labute approximate surface area is 310 Å². The van der Waals surface area contributed by atoms with Crippen molar-refractivity contribution in [1.29, 1.82) is 0 Å². The van der Waals surface area contributed by atoms with Crippen LogP contribution in [0.1, 0.15) is 43.2 Å². The summed E-state index contributed by atoms with van der Waals surface area (Å²) in [6, 6.07) is 53.6. The molecule has 4 saturated carbocycles. The first kappa shape index (κ1) is 30.7. The number of nitrogens with zero attached hydrogens (tertiary/aromatic N) is 3. The summed E-state index contributed by atoms with van der Waals surface area (Å²) in [5.41, 5.74) is 10.3. The number of aromatic nitrogens is 3.